The average Bonchev–Trinajstić information content (AvgIpc) is 2.80. The van der Waals surface area contributed by atoms with Gasteiger partial charge in [0.1, 0.15) is 4.90 Å². The van der Waals surface area contributed by atoms with Crippen molar-refractivity contribution in [3.63, 3.8) is 0 Å². The number of benzene rings is 3. The van der Waals surface area contributed by atoms with Crippen LogP contribution in [-0.2, 0) is 20.0 Å². The average molecular weight is 488 g/mol. The van der Waals surface area contributed by atoms with Crippen molar-refractivity contribution >= 4 is 37.3 Å². The molecule has 0 saturated carbocycles. The van der Waals surface area contributed by atoms with Crippen LogP contribution in [0, 0.1) is 0 Å². The summed E-state index contributed by atoms with van der Waals surface area (Å²) in [5.74, 6) is -0.629. The van der Waals surface area contributed by atoms with Crippen molar-refractivity contribution in [2.45, 2.75) is 16.7 Å². The van der Waals surface area contributed by atoms with Gasteiger partial charge in [-0.25, -0.2) is 21.1 Å². The summed E-state index contributed by atoms with van der Waals surface area (Å²) in [7, 11) is -4.93. The minimum absolute atomic E-state index is 0.0462. The zero-order valence-corrected chi connectivity index (χ0v) is 20.1. The first-order valence-electron chi connectivity index (χ1n) is 10.1. The molecular weight excluding hydrogens is 462 g/mol. The molecule has 0 aliphatic heterocycles. The van der Waals surface area contributed by atoms with Crippen molar-refractivity contribution in [3.8, 4) is 0 Å². The molecule has 174 valence electrons. The summed E-state index contributed by atoms with van der Waals surface area (Å²) < 4.78 is 54.0. The number of carbonyl (C=O) groups is 1. The second-order valence-electron chi connectivity index (χ2n) is 7.27. The summed E-state index contributed by atoms with van der Waals surface area (Å²) in [6.45, 7) is 1.93. The number of nitrogens with one attached hydrogen (secondary N) is 1. The number of amides is 1. The molecule has 1 amide bonds. The SMILES string of the molecule is CCN(c1ccccc1)S(=O)(=O)c1cccc(C(=O)Nc2ccccc2S(=O)(=O)N(C)C)c1. The van der Waals surface area contributed by atoms with Crippen molar-refractivity contribution in [2.75, 3.05) is 30.3 Å². The third-order valence-electron chi connectivity index (χ3n) is 4.91. The summed E-state index contributed by atoms with van der Waals surface area (Å²) in [4.78, 5) is 12.8. The topological polar surface area (TPSA) is 104 Å². The van der Waals surface area contributed by atoms with Crippen LogP contribution in [0.3, 0.4) is 0 Å². The molecule has 33 heavy (non-hydrogen) atoms. The van der Waals surface area contributed by atoms with Gasteiger partial charge in [0.15, 0.2) is 0 Å². The van der Waals surface area contributed by atoms with Crippen LogP contribution in [0.4, 0.5) is 11.4 Å². The maximum Gasteiger partial charge on any atom is 0.264 e. The van der Waals surface area contributed by atoms with E-state index in [1.807, 2.05) is 0 Å². The van der Waals surface area contributed by atoms with Crippen LogP contribution in [0.25, 0.3) is 0 Å². The number of nitrogens with zero attached hydrogens (tertiary/aromatic N) is 2. The molecule has 1 N–H and O–H groups in total. The van der Waals surface area contributed by atoms with Crippen molar-refractivity contribution in [1.82, 2.24) is 4.31 Å². The van der Waals surface area contributed by atoms with Gasteiger partial charge in [0.2, 0.25) is 10.0 Å². The van der Waals surface area contributed by atoms with Crippen LogP contribution in [0.5, 0.6) is 0 Å². The molecule has 0 aliphatic rings. The predicted octanol–water partition coefficient (Wildman–Crippen LogP) is 3.40. The van der Waals surface area contributed by atoms with Gasteiger partial charge in [-0.2, -0.15) is 0 Å². The van der Waals surface area contributed by atoms with Crippen molar-refractivity contribution < 1.29 is 21.6 Å². The minimum atomic E-state index is -3.92. The van der Waals surface area contributed by atoms with Gasteiger partial charge >= 0.3 is 0 Å². The molecule has 0 saturated heterocycles. The molecule has 0 aliphatic carbocycles. The molecule has 3 rings (SSSR count). The lowest BCUT2D eigenvalue weighted by Crippen LogP contribution is -2.31. The van der Waals surface area contributed by atoms with Gasteiger partial charge in [0.05, 0.1) is 16.3 Å². The highest BCUT2D eigenvalue weighted by molar-refractivity contribution is 7.92. The number of hydrogen-bond donors (Lipinski definition) is 1. The summed E-state index contributed by atoms with van der Waals surface area (Å²) in [6.07, 6.45) is 0. The fourth-order valence-electron chi connectivity index (χ4n) is 3.20. The molecule has 0 fully saturated rings. The van der Waals surface area contributed by atoms with Gasteiger partial charge in [-0.15, -0.1) is 0 Å². The number of rotatable bonds is 8. The molecule has 10 heteroatoms. The van der Waals surface area contributed by atoms with Crippen LogP contribution in [0.1, 0.15) is 17.3 Å². The third kappa shape index (κ3) is 5.08. The van der Waals surface area contributed by atoms with Gasteiger partial charge in [-0.05, 0) is 49.4 Å². The van der Waals surface area contributed by atoms with Crippen LogP contribution >= 0.6 is 0 Å². The quantitative estimate of drug-likeness (QED) is 0.524. The Balaban J connectivity index is 1.95. The Kier molecular flexibility index (Phi) is 7.21. The van der Waals surface area contributed by atoms with Crippen molar-refractivity contribution in [1.29, 1.82) is 0 Å². The van der Waals surface area contributed by atoms with Crippen LogP contribution in [0.2, 0.25) is 0 Å². The van der Waals surface area contributed by atoms with E-state index in [1.54, 1.807) is 49.4 Å². The first-order chi connectivity index (χ1) is 15.6. The largest absolute Gasteiger partial charge is 0.321 e. The molecule has 0 unspecified atom stereocenters. The van der Waals surface area contributed by atoms with E-state index in [2.05, 4.69) is 5.32 Å². The summed E-state index contributed by atoms with van der Waals surface area (Å²) >= 11 is 0. The summed E-state index contributed by atoms with van der Waals surface area (Å²) in [5, 5.41) is 2.59. The maximum absolute atomic E-state index is 13.3. The van der Waals surface area contributed by atoms with Gasteiger partial charge < -0.3 is 5.32 Å². The minimum Gasteiger partial charge on any atom is -0.321 e. The van der Waals surface area contributed by atoms with E-state index in [-0.39, 0.29) is 27.6 Å². The zero-order valence-electron chi connectivity index (χ0n) is 18.5. The predicted molar refractivity (Wildman–Crippen MR) is 128 cm³/mol. The Hall–Kier alpha value is -3.21. The molecule has 0 radical (unpaired) electrons. The monoisotopic (exact) mass is 487 g/mol. The fraction of sp³-hybridized carbons (Fsp3) is 0.174. The number of anilines is 2. The highest BCUT2D eigenvalue weighted by atomic mass is 32.2. The van der Waals surface area contributed by atoms with E-state index in [0.29, 0.717) is 5.69 Å². The highest BCUT2D eigenvalue weighted by Gasteiger charge is 2.25. The molecule has 0 aromatic heterocycles. The standard InChI is InChI=1S/C23H25N3O5S2/c1-4-26(19-12-6-5-7-13-19)32(28,29)20-14-10-11-18(17-20)23(27)24-21-15-8-9-16-22(21)33(30,31)25(2)3/h5-17H,4H2,1-3H3,(H,24,27). The van der Waals surface area contributed by atoms with E-state index >= 15 is 0 Å². The lowest BCUT2D eigenvalue weighted by molar-refractivity contribution is 0.102. The molecule has 0 atom stereocenters. The van der Waals surface area contributed by atoms with E-state index in [0.717, 1.165) is 4.31 Å². The van der Waals surface area contributed by atoms with E-state index in [4.69, 9.17) is 0 Å². The van der Waals surface area contributed by atoms with Crippen LogP contribution < -0.4 is 9.62 Å². The summed E-state index contributed by atoms with van der Waals surface area (Å²) in [5.41, 5.74) is 0.693. The lowest BCUT2D eigenvalue weighted by atomic mass is 10.2. The van der Waals surface area contributed by atoms with Gasteiger partial charge in [0.25, 0.3) is 15.9 Å². The number of hydrogen-bond acceptors (Lipinski definition) is 5. The van der Waals surface area contributed by atoms with Crippen molar-refractivity contribution in [2.24, 2.45) is 0 Å². The fourth-order valence-corrected chi connectivity index (χ4v) is 5.76. The highest BCUT2D eigenvalue weighted by Crippen LogP contribution is 2.26. The van der Waals surface area contributed by atoms with E-state index < -0.39 is 26.0 Å². The molecule has 8 nitrogen and oxygen atoms in total. The van der Waals surface area contributed by atoms with Crippen LogP contribution in [-0.4, -0.2) is 47.7 Å². The second-order valence-corrected chi connectivity index (χ2v) is 11.3. The van der Waals surface area contributed by atoms with Gasteiger partial charge in [-0.3, -0.25) is 9.10 Å². The molecular formula is C23H25N3O5S2. The lowest BCUT2D eigenvalue weighted by Gasteiger charge is -2.23. The van der Waals surface area contributed by atoms with E-state index in [9.17, 15) is 21.6 Å². The number of sulfonamides is 2. The first-order valence-corrected chi connectivity index (χ1v) is 13.0. The Labute approximate surface area is 194 Å². The second kappa shape index (κ2) is 9.74. The van der Waals surface area contributed by atoms with Crippen LogP contribution in [0.15, 0.2) is 88.7 Å². The Morgan fingerprint density at radius 3 is 2.09 bits per heavy atom. The molecule has 3 aromatic carbocycles. The number of para-hydroxylation sites is 2. The smallest absolute Gasteiger partial charge is 0.264 e. The first kappa shape index (κ1) is 24.4. The molecule has 3 aromatic rings. The number of carbonyl (C=O) groups excluding carboxylic acids is 1. The molecule has 0 heterocycles. The zero-order chi connectivity index (χ0) is 24.2. The van der Waals surface area contributed by atoms with Gasteiger partial charge in [0, 0.05) is 26.2 Å². The summed E-state index contributed by atoms with van der Waals surface area (Å²) in [6, 6.07) is 20.3. The Bertz CT molecular complexity index is 1360. The third-order valence-corrected chi connectivity index (χ3v) is 8.68. The van der Waals surface area contributed by atoms with Gasteiger partial charge in [-0.1, -0.05) is 36.4 Å². The van der Waals surface area contributed by atoms with Crippen molar-refractivity contribution in [3.05, 3.63) is 84.4 Å². The maximum atomic E-state index is 13.3. The molecule has 0 bridgehead atoms. The van der Waals surface area contributed by atoms with E-state index in [1.165, 1.54) is 54.8 Å². The molecule has 0 spiro atoms. The Morgan fingerprint density at radius 1 is 0.818 bits per heavy atom. The Morgan fingerprint density at radius 2 is 1.45 bits per heavy atom. The normalized spacial score (nSPS) is 11.9.